The number of aromatic amines is 2. The zero-order valence-corrected chi connectivity index (χ0v) is 13.7. The summed E-state index contributed by atoms with van der Waals surface area (Å²) in [5.41, 5.74) is 2.78. The highest BCUT2D eigenvalue weighted by Gasteiger charge is 2.18. The van der Waals surface area contributed by atoms with E-state index in [4.69, 9.17) is 4.42 Å². The topological polar surface area (TPSA) is 129 Å². The van der Waals surface area contributed by atoms with E-state index in [1.54, 1.807) is 43.3 Å². The van der Waals surface area contributed by atoms with Crippen LogP contribution in [-0.2, 0) is 0 Å². The van der Waals surface area contributed by atoms with Gasteiger partial charge in [0.15, 0.2) is 17.1 Å². The number of rotatable bonds is 4. The third-order valence-electron chi connectivity index (χ3n) is 3.76. The number of carbonyl (C=O) groups excluding carboxylic acids is 2. The maximum atomic E-state index is 12.6. The lowest BCUT2D eigenvalue weighted by molar-refractivity contribution is 0.102. The van der Waals surface area contributed by atoms with E-state index in [0.717, 1.165) is 5.69 Å². The van der Waals surface area contributed by atoms with Crippen molar-refractivity contribution in [1.29, 1.82) is 0 Å². The number of hydrogen-bond acceptors (Lipinski definition) is 5. The van der Waals surface area contributed by atoms with Gasteiger partial charge < -0.3 is 15.1 Å². The highest BCUT2D eigenvalue weighted by atomic mass is 16.3. The quantitative estimate of drug-likeness (QED) is 0.450. The summed E-state index contributed by atoms with van der Waals surface area (Å²) in [4.78, 5) is 24.9. The minimum Gasteiger partial charge on any atom is -0.459 e. The Morgan fingerprint density at radius 2 is 1.88 bits per heavy atom. The highest BCUT2D eigenvalue weighted by molar-refractivity contribution is 6.13. The third kappa shape index (κ3) is 2.81. The molecule has 9 nitrogen and oxygen atoms in total. The zero-order chi connectivity index (χ0) is 18.1. The van der Waals surface area contributed by atoms with Crippen LogP contribution >= 0.6 is 0 Å². The van der Waals surface area contributed by atoms with Crippen LogP contribution in [0.15, 0.2) is 47.1 Å². The van der Waals surface area contributed by atoms with E-state index in [1.165, 1.54) is 6.26 Å². The molecule has 2 amide bonds. The van der Waals surface area contributed by atoms with Crippen LogP contribution in [-0.4, -0.2) is 32.2 Å². The van der Waals surface area contributed by atoms with Crippen LogP contribution in [0, 0.1) is 6.92 Å². The number of nitrogens with zero attached hydrogens (tertiary/aromatic N) is 2. The molecular formula is C17H14N6O3. The van der Waals surface area contributed by atoms with E-state index >= 15 is 0 Å². The van der Waals surface area contributed by atoms with Gasteiger partial charge in [0.25, 0.3) is 11.8 Å². The molecule has 26 heavy (non-hydrogen) atoms. The van der Waals surface area contributed by atoms with E-state index in [9.17, 15) is 9.59 Å². The Hall–Kier alpha value is -3.88. The van der Waals surface area contributed by atoms with Crippen molar-refractivity contribution in [2.45, 2.75) is 6.92 Å². The Kier molecular flexibility index (Phi) is 3.73. The molecule has 9 heteroatoms. The second kappa shape index (κ2) is 6.20. The molecule has 0 bridgehead atoms. The molecule has 3 aromatic heterocycles. The largest absolute Gasteiger partial charge is 0.459 e. The molecule has 0 aliphatic rings. The normalized spacial score (nSPS) is 10.8. The van der Waals surface area contributed by atoms with E-state index in [2.05, 4.69) is 31.0 Å². The number of fused-ring (bicyclic) bond motifs is 1. The van der Waals surface area contributed by atoms with Gasteiger partial charge in [-0.2, -0.15) is 10.2 Å². The van der Waals surface area contributed by atoms with E-state index < -0.39 is 11.8 Å². The predicted molar refractivity (Wildman–Crippen MR) is 94.0 cm³/mol. The molecule has 4 N–H and O–H groups in total. The second-order valence-electron chi connectivity index (χ2n) is 5.63. The molecule has 0 fully saturated rings. The lowest BCUT2D eigenvalue weighted by atomic mass is 10.1. The first-order valence-electron chi connectivity index (χ1n) is 7.77. The van der Waals surface area contributed by atoms with Gasteiger partial charge in [-0.15, -0.1) is 0 Å². The molecule has 0 aliphatic heterocycles. The van der Waals surface area contributed by atoms with Crippen molar-refractivity contribution in [1.82, 2.24) is 20.4 Å². The first-order chi connectivity index (χ1) is 12.6. The van der Waals surface area contributed by atoms with Gasteiger partial charge in [-0.05, 0) is 25.1 Å². The van der Waals surface area contributed by atoms with Crippen molar-refractivity contribution in [2.75, 3.05) is 10.6 Å². The van der Waals surface area contributed by atoms with Gasteiger partial charge in [-0.1, -0.05) is 12.1 Å². The van der Waals surface area contributed by atoms with E-state index in [0.29, 0.717) is 16.8 Å². The van der Waals surface area contributed by atoms with Crippen molar-refractivity contribution in [3.63, 3.8) is 0 Å². The Morgan fingerprint density at radius 3 is 2.69 bits per heavy atom. The van der Waals surface area contributed by atoms with Gasteiger partial charge in [-0.25, -0.2) is 0 Å². The number of aryl methyl sites for hydroxylation is 1. The van der Waals surface area contributed by atoms with Crippen molar-refractivity contribution in [2.24, 2.45) is 0 Å². The fourth-order valence-corrected chi connectivity index (χ4v) is 2.52. The van der Waals surface area contributed by atoms with Crippen molar-refractivity contribution < 1.29 is 14.0 Å². The van der Waals surface area contributed by atoms with Gasteiger partial charge in [0.05, 0.1) is 17.5 Å². The maximum absolute atomic E-state index is 12.6. The number of hydrogen-bond donors (Lipinski definition) is 4. The minimum atomic E-state index is -0.427. The second-order valence-corrected chi connectivity index (χ2v) is 5.63. The summed E-state index contributed by atoms with van der Waals surface area (Å²) < 4.78 is 5.29. The number of para-hydroxylation sites is 1. The molecule has 0 aliphatic carbocycles. The molecular weight excluding hydrogens is 336 g/mol. The molecule has 0 radical (unpaired) electrons. The van der Waals surface area contributed by atoms with Gasteiger partial charge in [0.1, 0.15) is 5.52 Å². The molecule has 0 atom stereocenters. The fraction of sp³-hybridized carbons (Fsp3) is 0.0588. The summed E-state index contributed by atoms with van der Waals surface area (Å²) in [6.07, 6.45) is 1.50. The summed E-state index contributed by atoms with van der Waals surface area (Å²) in [5.74, 6) is -0.564. The van der Waals surface area contributed by atoms with Gasteiger partial charge in [-0.3, -0.25) is 19.8 Å². The molecule has 4 rings (SSSR count). The lowest BCUT2D eigenvalue weighted by Gasteiger charge is -2.09. The monoisotopic (exact) mass is 350 g/mol. The van der Waals surface area contributed by atoms with Crippen molar-refractivity contribution >= 4 is 34.4 Å². The average Bonchev–Trinajstić information content (AvgIpc) is 3.34. The number of H-pyrrole nitrogens is 2. The summed E-state index contributed by atoms with van der Waals surface area (Å²) in [7, 11) is 0. The Morgan fingerprint density at radius 1 is 1.04 bits per heavy atom. The van der Waals surface area contributed by atoms with Gasteiger partial charge >= 0.3 is 0 Å². The number of amides is 2. The van der Waals surface area contributed by atoms with Gasteiger partial charge in [0, 0.05) is 11.8 Å². The number of anilines is 2. The Bertz CT molecular complexity index is 1110. The average molecular weight is 350 g/mol. The van der Waals surface area contributed by atoms with Gasteiger partial charge in [0.2, 0.25) is 0 Å². The number of carbonyl (C=O) groups is 2. The number of aromatic nitrogens is 4. The van der Waals surface area contributed by atoms with Crippen LogP contribution < -0.4 is 10.6 Å². The maximum Gasteiger partial charge on any atom is 0.276 e. The molecule has 0 saturated carbocycles. The van der Waals surface area contributed by atoms with E-state index in [-0.39, 0.29) is 17.1 Å². The van der Waals surface area contributed by atoms with Crippen LogP contribution in [0.2, 0.25) is 0 Å². The van der Waals surface area contributed by atoms with Crippen LogP contribution in [0.25, 0.3) is 11.1 Å². The molecule has 130 valence electrons. The van der Waals surface area contributed by atoms with Crippen LogP contribution in [0.4, 0.5) is 11.5 Å². The number of benzene rings is 1. The third-order valence-corrected chi connectivity index (χ3v) is 3.76. The Balaban J connectivity index is 1.58. The predicted octanol–water partition coefficient (Wildman–Crippen LogP) is 2.69. The molecule has 3 heterocycles. The van der Waals surface area contributed by atoms with Crippen LogP contribution in [0.5, 0.6) is 0 Å². The molecule has 0 saturated heterocycles. The zero-order valence-electron chi connectivity index (χ0n) is 13.7. The molecule has 4 aromatic rings. The minimum absolute atomic E-state index is 0.238. The SMILES string of the molecule is Cc1cc(C(=O)Nc2ccccc2C(=O)Nc2n[nH]c3ccoc23)n[nH]1. The Labute approximate surface area is 146 Å². The van der Waals surface area contributed by atoms with Crippen molar-refractivity contribution in [3.05, 3.63) is 59.6 Å². The first kappa shape index (κ1) is 15.6. The molecule has 1 aromatic carbocycles. The van der Waals surface area contributed by atoms with Crippen LogP contribution in [0.1, 0.15) is 26.5 Å². The first-order valence-corrected chi connectivity index (χ1v) is 7.77. The summed E-state index contributed by atoms with van der Waals surface area (Å²) >= 11 is 0. The standard InChI is InChI=1S/C17H14N6O3/c1-9-8-13(22-20-9)17(25)18-11-5-3-2-4-10(11)16(24)19-15-14-12(21-23-15)6-7-26-14/h2-8H,1H3,(H,18,25)(H,20,22)(H2,19,21,23,24). The highest BCUT2D eigenvalue weighted by Crippen LogP contribution is 2.23. The summed E-state index contributed by atoms with van der Waals surface area (Å²) in [6, 6.07) is 10.00. The number of nitrogens with one attached hydrogen (secondary N) is 4. The molecule has 0 spiro atoms. The van der Waals surface area contributed by atoms with E-state index in [1.807, 2.05) is 0 Å². The number of furan rings is 1. The molecule has 0 unspecified atom stereocenters. The smallest absolute Gasteiger partial charge is 0.276 e. The van der Waals surface area contributed by atoms with Crippen LogP contribution in [0.3, 0.4) is 0 Å². The fourth-order valence-electron chi connectivity index (χ4n) is 2.52. The lowest BCUT2D eigenvalue weighted by Crippen LogP contribution is -2.18. The summed E-state index contributed by atoms with van der Waals surface area (Å²) in [6.45, 7) is 1.80. The van der Waals surface area contributed by atoms with Crippen molar-refractivity contribution in [3.8, 4) is 0 Å². The summed E-state index contributed by atoms with van der Waals surface area (Å²) in [5, 5.41) is 18.8.